The van der Waals surface area contributed by atoms with Crippen molar-refractivity contribution >= 4 is 17.5 Å². The van der Waals surface area contributed by atoms with Crippen LogP contribution in [0.1, 0.15) is 42.1 Å². The van der Waals surface area contributed by atoms with E-state index in [1.54, 1.807) is 18.0 Å². The number of rotatable bonds is 4. The molecule has 0 radical (unpaired) electrons. The molecule has 0 spiro atoms. The number of fused-ring (bicyclic) bond motifs is 1. The summed E-state index contributed by atoms with van der Waals surface area (Å²) in [7, 11) is 1.76. The molecule has 1 fully saturated rings. The Morgan fingerprint density at radius 3 is 2.77 bits per heavy atom. The lowest BCUT2D eigenvalue weighted by Crippen LogP contribution is -2.50. The quantitative estimate of drug-likeness (QED) is 0.885. The second kappa shape index (κ2) is 5.39. The van der Waals surface area contributed by atoms with Crippen LogP contribution in [-0.4, -0.2) is 36.1 Å². The minimum atomic E-state index is -0.542. The fourth-order valence-corrected chi connectivity index (χ4v) is 3.12. The molecule has 118 valence electrons. The van der Waals surface area contributed by atoms with Crippen molar-refractivity contribution in [3.05, 3.63) is 29.3 Å². The number of aliphatic hydroxyl groups is 1. The zero-order valence-electron chi connectivity index (χ0n) is 13.1. The van der Waals surface area contributed by atoms with E-state index in [4.69, 9.17) is 0 Å². The Hall–Kier alpha value is -1.88. The maximum Gasteiger partial charge on any atom is 0.251 e. The molecule has 2 amide bonds. The van der Waals surface area contributed by atoms with Crippen LogP contribution in [0, 0.1) is 5.92 Å². The third kappa shape index (κ3) is 2.61. The van der Waals surface area contributed by atoms with Gasteiger partial charge < -0.3 is 15.3 Å². The average Bonchev–Trinajstić information content (AvgIpc) is 3.35. The monoisotopic (exact) mass is 302 g/mol. The Kier molecular flexibility index (Phi) is 3.68. The summed E-state index contributed by atoms with van der Waals surface area (Å²) in [4.78, 5) is 25.8. The zero-order chi connectivity index (χ0) is 15.9. The molecule has 0 aromatic heterocycles. The van der Waals surface area contributed by atoms with Gasteiger partial charge in [-0.2, -0.15) is 0 Å². The molecular weight excluding hydrogens is 280 g/mol. The first-order valence-corrected chi connectivity index (χ1v) is 7.77. The number of amides is 2. The second-order valence-electron chi connectivity index (χ2n) is 6.60. The normalized spacial score (nSPS) is 20.3. The van der Waals surface area contributed by atoms with Crippen molar-refractivity contribution in [2.45, 2.75) is 38.1 Å². The van der Waals surface area contributed by atoms with Crippen LogP contribution in [0.3, 0.4) is 0 Å². The van der Waals surface area contributed by atoms with Crippen LogP contribution in [0.4, 0.5) is 5.69 Å². The highest BCUT2D eigenvalue weighted by atomic mass is 16.3. The van der Waals surface area contributed by atoms with Crippen LogP contribution in [0.2, 0.25) is 0 Å². The van der Waals surface area contributed by atoms with Gasteiger partial charge in [0, 0.05) is 24.7 Å². The minimum absolute atomic E-state index is 0.0500. The van der Waals surface area contributed by atoms with E-state index in [-0.39, 0.29) is 18.4 Å². The molecule has 1 aromatic rings. The number of carbonyl (C=O) groups is 2. The number of nitrogens with zero attached hydrogens (tertiary/aromatic N) is 1. The highest BCUT2D eigenvalue weighted by molar-refractivity contribution is 5.99. The molecule has 0 bridgehead atoms. The van der Waals surface area contributed by atoms with Gasteiger partial charge in [0.2, 0.25) is 5.91 Å². The molecule has 0 saturated heterocycles. The lowest BCUT2D eigenvalue weighted by Gasteiger charge is -2.29. The summed E-state index contributed by atoms with van der Waals surface area (Å²) in [5.74, 6) is 0.305. The van der Waals surface area contributed by atoms with Gasteiger partial charge in [0.15, 0.2) is 0 Å². The molecule has 1 heterocycles. The van der Waals surface area contributed by atoms with Gasteiger partial charge >= 0.3 is 0 Å². The van der Waals surface area contributed by atoms with Crippen molar-refractivity contribution in [3.8, 4) is 0 Å². The van der Waals surface area contributed by atoms with E-state index in [0.717, 1.165) is 24.1 Å². The van der Waals surface area contributed by atoms with Gasteiger partial charge in [-0.15, -0.1) is 0 Å². The van der Waals surface area contributed by atoms with E-state index in [0.29, 0.717) is 24.3 Å². The summed E-state index contributed by atoms with van der Waals surface area (Å²) in [6, 6.07) is 5.43. The topological polar surface area (TPSA) is 69.6 Å². The maximum atomic E-state index is 12.5. The molecule has 5 heteroatoms. The SMILES string of the molecule is CN1C(=O)CCc2cc(C(=O)NC(C)(CO)C3CC3)ccc21. The van der Waals surface area contributed by atoms with Crippen molar-refractivity contribution in [1.82, 2.24) is 5.32 Å². The first-order chi connectivity index (χ1) is 10.4. The summed E-state index contributed by atoms with van der Waals surface area (Å²) in [6.45, 7) is 1.85. The van der Waals surface area contributed by atoms with Crippen molar-refractivity contribution in [2.24, 2.45) is 5.92 Å². The van der Waals surface area contributed by atoms with Crippen LogP contribution in [0.15, 0.2) is 18.2 Å². The van der Waals surface area contributed by atoms with Crippen molar-refractivity contribution in [1.29, 1.82) is 0 Å². The molecule has 1 atom stereocenters. The Labute approximate surface area is 130 Å². The Morgan fingerprint density at radius 1 is 1.41 bits per heavy atom. The van der Waals surface area contributed by atoms with Crippen molar-refractivity contribution in [2.75, 3.05) is 18.6 Å². The van der Waals surface area contributed by atoms with E-state index < -0.39 is 5.54 Å². The Morgan fingerprint density at radius 2 is 2.14 bits per heavy atom. The van der Waals surface area contributed by atoms with Crippen LogP contribution in [0.5, 0.6) is 0 Å². The highest BCUT2D eigenvalue weighted by Gasteiger charge is 2.42. The van der Waals surface area contributed by atoms with E-state index in [2.05, 4.69) is 5.32 Å². The number of hydrogen-bond donors (Lipinski definition) is 2. The predicted octanol–water partition coefficient (Wildman–Crippen LogP) is 1.49. The number of anilines is 1. The molecule has 1 aliphatic heterocycles. The predicted molar refractivity (Wildman–Crippen MR) is 83.9 cm³/mol. The smallest absolute Gasteiger partial charge is 0.251 e. The van der Waals surface area contributed by atoms with Crippen LogP contribution in [0.25, 0.3) is 0 Å². The van der Waals surface area contributed by atoms with Gasteiger partial charge in [0.25, 0.3) is 5.91 Å². The van der Waals surface area contributed by atoms with Crippen LogP contribution in [-0.2, 0) is 11.2 Å². The minimum Gasteiger partial charge on any atom is -0.394 e. The third-order valence-corrected chi connectivity index (χ3v) is 4.89. The molecule has 1 aromatic carbocycles. The van der Waals surface area contributed by atoms with Gasteiger partial charge in [-0.1, -0.05) is 0 Å². The largest absolute Gasteiger partial charge is 0.394 e. The second-order valence-corrected chi connectivity index (χ2v) is 6.60. The first-order valence-electron chi connectivity index (χ1n) is 7.77. The van der Waals surface area contributed by atoms with Crippen molar-refractivity contribution < 1.29 is 14.7 Å². The van der Waals surface area contributed by atoms with Gasteiger partial charge in [0.1, 0.15) is 0 Å². The summed E-state index contributed by atoms with van der Waals surface area (Å²) in [5.41, 5.74) is 1.94. The van der Waals surface area contributed by atoms with E-state index in [1.165, 1.54) is 0 Å². The molecule has 22 heavy (non-hydrogen) atoms. The van der Waals surface area contributed by atoms with E-state index in [9.17, 15) is 14.7 Å². The first kappa shape index (κ1) is 15.0. The molecule has 2 aliphatic rings. The van der Waals surface area contributed by atoms with Gasteiger partial charge in [0.05, 0.1) is 12.1 Å². The fourth-order valence-electron chi connectivity index (χ4n) is 3.12. The number of carbonyl (C=O) groups excluding carboxylic acids is 2. The van der Waals surface area contributed by atoms with E-state index >= 15 is 0 Å². The third-order valence-electron chi connectivity index (χ3n) is 4.89. The number of aliphatic hydroxyl groups excluding tert-OH is 1. The number of nitrogens with one attached hydrogen (secondary N) is 1. The number of hydrogen-bond acceptors (Lipinski definition) is 3. The number of benzene rings is 1. The van der Waals surface area contributed by atoms with Gasteiger partial charge in [-0.25, -0.2) is 0 Å². The summed E-state index contributed by atoms with van der Waals surface area (Å²) >= 11 is 0. The molecule has 1 saturated carbocycles. The zero-order valence-corrected chi connectivity index (χ0v) is 13.1. The molecule has 2 N–H and O–H groups in total. The summed E-state index contributed by atoms with van der Waals surface area (Å²) in [6.07, 6.45) is 3.24. The molecule has 3 rings (SSSR count). The Balaban J connectivity index is 1.80. The number of aryl methyl sites for hydroxylation is 1. The Bertz CT molecular complexity index is 624. The fraction of sp³-hybridized carbons (Fsp3) is 0.529. The summed E-state index contributed by atoms with van der Waals surface area (Å²) < 4.78 is 0. The maximum absolute atomic E-state index is 12.5. The molecule has 1 aliphatic carbocycles. The van der Waals surface area contributed by atoms with E-state index in [1.807, 2.05) is 19.1 Å². The standard InChI is InChI=1S/C17H22N2O3/c1-17(10-20,13-5-6-13)18-16(22)12-3-7-14-11(9-12)4-8-15(21)19(14)2/h3,7,9,13,20H,4-6,8,10H2,1-2H3,(H,18,22). The van der Waals surface area contributed by atoms with Crippen LogP contribution >= 0.6 is 0 Å². The molecular formula is C17H22N2O3. The van der Waals surface area contributed by atoms with Gasteiger partial charge in [-0.05, 0) is 55.9 Å². The highest BCUT2D eigenvalue weighted by Crippen LogP contribution is 2.39. The summed E-state index contributed by atoms with van der Waals surface area (Å²) in [5, 5.41) is 12.6. The average molecular weight is 302 g/mol. The van der Waals surface area contributed by atoms with Gasteiger partial charge in [-0.3, -0.25) is 9.59 Å². The molecule has 5 nitrogen and oxygen atoms in total. The van der Waals surface area contributed by atoms with Crippen molar-refractivity contribution in [3.63, 3.8) is 0 Å². The molecule has 1 unspecified atom stereocenters. The van der Waals surface area contributed by atoms with Crippen LogP contribution < -0.4 is 10.2 Å². The lowest BCUT2D eigenvalue weighted by molar-refractivity contribution is -0.118. The lowest BCUT2D eigenvalue weighted by atomic mass is 9.95.